The first kappa shape index (κ1) is 17.6. The lowest BCUT2D eigenvalue weighted by atomic mass is 9.98. The number of ether oxygens (including phenoxy) is 1. The molecule has 2 aromatic heterocycles. The second kappa shape index (κ2) is 7.05. The molecule has 0 aliphatic carbocycles. The Morgan fingerprint density at radius 3 is 2.39 bits per heavy atom. The second-order valence-corrected chi connectivity index (χ2v) is 6.73. The van der Waals surface area contributed by atoms with Crippen LogP contribution in [0.5, 0.6) is 11.5 Å². The molecular weight excluding hydrogens is 352 g/mol. The van der Waals surface area contributed by atoms with E-state index in [2.05, 4.69) is 16.2 Å². The largest absolute Gasteiger partial charge is 0.457 e. The maximum absolute atomic E-state index is 13.0. The Balaban J connectivity index is 1.81. The van der Waals surface area contributed by atoms with Crippen LogP contribution in [0.25, 0.3) is 16.9 Å². The zero-order valence-electron chi connectivity index (χ0n) is 15.5. The van der Waals surface area contributed by atoms with Gasteiger partial charge in [-0.15, -0.1) is 0 Å². The van der Waals surface area contributed by atoms with E-state index in [9.17, 15) is 10.1 Å². The first-order valence-electron chi connectivity index (χ1n) is 8.96. The van der Waals surface area contributed by atoms with Crippen molar-refractivity contribution in [3.8, 4) is 28.8 Å². The zero-order valence-corrected chi connectivity index (χ0v) is 15.5. The maximum atomic E-state index is 13.0. The number of hydrogen-bond acceptors (Lipinski definition) is 4. The Morgan fingerprint density at radius 1 is 1.07 bits per heavy atom. The van der Waals surface area contributed by atoms with Crippen LogP contribution in [0.15, 0.2) is 65.6 Å². The van der Waals surface area contributed by atoms with Gasteiger partial charge in [0.25, 0.3) is 5.56 Å². The van der Waals surface area contributed by atoms with Crippen molar-refractivity contribution in [3.05, 3.63) is 82.3 Å². The number of benzene rings is 2. The van der Waals surface area contributed by atoms with Crippen LogP contribution in [0.2, 0.25) is 0 Å². The first-order chi connectivity index (χ1) is 13.6. The van der Waals surface area contributed by atoms with Gasteiger partial charge in [0.15, 0.2) is 5.65 Å². The van der Waals surface area contributed by atoms with Gasteiger partial charge in [0.2, 0.25) is 0 Å². The lowest BCUT2D eigenvalue weighted by Gasteiger charge is -2.13. The Morgan fingerprint density at radius 2 is 1.75 bits per heavy atom. The summed E-state index contributed by atoms with van der Waals surface area (Å²) in [6.07, 6.45) is 1.49. The van der Waals surface area contributed by atoms with Crippen molar-refractivity contribution in [2.75, 3.05) is 0 Å². The van der Waals surface area contributed by atoms with Crippen molar-refractivity contribution >= 4 is 5.65 Å². The number of fused-ring (bicyclic) bond motifs is 1. The average Bonchev–Trinajstić information content (AvgIpc) is 3.12. The molecule has 2 heterocycles. The van der Waals surface area contributed by atoms with E-state index in [0.717, 1.165) is 11.3 Å². The summed E-state index contributed by atoms with van der Waals surface area (Å²) in [6.45, 7) is 3.91. The molecule has 0 saturated carbocycles. The number of nitriles is 1. The van der Waals surface area contributed by atoms with Gasteiger partial charge < -0.3 is 4.74 Å². The van der Waals surface area contributed by atoms with Gasteiger partial charge in [0, 0.05) is 17.3 Å². The quantitative estimate of drug-likeness (QED) is 0.574. The SMILES string of the molecule is CC(C)c1c(-c2ccc(Oc3ccccc3)cc2)nc2c(C#N)c[nH]n2c1=O. The van der Waals surface area contributed by atoms with Crippen LogP contribution in [0.4, 0.5) is 0 Å². The van der Waals surface area contributed by atoms with Crippen LogP contribution in [-0.2, 0) is 0 Å². The highest BCUT2D eigenvalue weighted by Crippen LogP contribution is 2.29. The van der Waals surface area contributed by atoms with E-state index in [4.69, 9.17) is 4.74 Å². The Hall–Kier alpha value is -3.85. The zero-order chi connectivity index (χ0) is 19.7. The molecule has 0 spiro atoms. The van der Waals surface area contributed by atoms with Crippen LogP contribution < -0.4 is 10.3 Å². The number of para-hydroxylation sites is 1. The van der Waals surface area contributed by atoms with E-state index in [-0.39, 0.29) is 11.5 Å². The van der Waals surface area contributed by atoms with Crippen LogP contribution in [0.1, 0.15) is 30.9 Å². The smallest absolute Gasteiger partial charge is 0.276 e. The molecular formula is C22H18N4O2. The summed E-state index contributed by atoms with van der Waals surface area (Å²) in [7, 11) is 0. The van der Waals surface area contributed by atoms with E-state index < -0.39 is 0 Å². The number of nitrogens with one attached hydrogen (secondary N) is 1. The molecule has 0 unspecified atom stereocenters. The fourth-order valence-electron chi connectivity index (χ4n) is 3.16. The summed E-state index contributed by atoms with van der Waals surface area (Å²) in [6, 6.07) is 19.0. The van der Waals surface area contributed by atoms with E-state index >= 15 is 0 Å². The van der Waals surface area contributed by atoms with Gasteiger partial charge in [-0.2, -0.15) is 5.26 Å². The van der Waals surface area contributed by atoms with Crippen molar-refractivity contribution < 1.29 is 4.74 Å². The number of hydrogen-bond donors (Lipinski definition) is 1. The van der Waals surface area contributed by atoms with Crippen molar-refractivity contribution in [1.29, 1.82) is 5.26 Å². The molecule has 0 aliphatic rings. The summed E-state index contributed by atoms with van der Waals surface area (Å²) < 4.78 is 7.15. The van der Waals surface area contributed by atoms with E-state index in [1.54, 1.807) is 0 Å². The van der Waals surface area contributed by atoms with Gasteiger partial charge in [0.1, 0.15) is 23.1 Å². The Kier molecular flexibility index (Phi) is 4.42. The standard InChI is InChI=1S/C22H18N4O2/c1-14(2)19-20(25-21-16(12-23)13-24-26(21)22(19)27)15-8-10-18(11-9-15)28-17-6-4-3-5-7-17/h3-11,13-14,24H,1-2H3. The van der Waals surface area contributed by atoms with E-state index in [1.807, 2.05) is 68.4 Å². The maximum Gasteiger partial charge on any atom is 0.276 e. The molecule has 1 N–H and O–H groups in total. The molecule has 0 bridgehead atoms. The minimum Gasteiger partial charge on any atom is -0.457 e. The third kappa shape index (κ3) is 3.03. The molecule has 0 atom stereocenters. The molecule has 4 rings (SSSR count). The molecule has 2 aromatic carbocycles. The monoisotopic (exact) mass is 370 g/mol. The van der Waals surface area contributed by atoms with Crippen molar-refractivity contribution in [2.45, 2.75) is 19.8 Å². The van der Waals surface area contributed by atoms with E-state index in [0.29, 0.717) is 28.2 Å². The van der Waals surface area contributed by atoms with Crippen molar-refractivity contribution in [2.24, 2.45) is 0 Å². The minimum absolute atomic E-state index is 0.0269. The number of rotatable bonds is 4. The highest BCUT2D eigenvalue weighted by atomic mass is 16.5. The van der Waals surface area contributed by atoms with Gasteiger partial charge in [-0.3, -0.25) is 9.89 Å². The third-order valence-electron chi connectivity index (χ3n) is 4.50. The molecule has 28 heavy (non-hydrogen) atoms. The summed E-state index contributed by atoms with van der Waals surface area (Å²) in [5.41, 5.74) is 2.45. The lowest BCUT2D eigenvalue weighted by molar-refractivity contribution is 0.483. The highest BCUT2D eigenvalue weighted by molar-refractivity contribution is 5.68. The molecule has 4 aromatic rings. The first-order valence-corrected chi connectivity index (χ1v) is 8.96. The number of nitrogens with zero attached hydrogens (tertiary/aromatic N) is 3. The summed E-state index contributed by atoms with van der Waals surface area (Å²) in [5, 5.41) is 12.1. The molecule has 6 nitrogen and oxygen atoms in total. The van der Waals surface area contributed by atoms with Crippen molar-refractivity contribution in [1.82, 2.24) is 14.6 Å². The Bertz CT molecular complexity index is 1230. The van der Waals surface area contributed by atoms with Gasteiger partial charge in [-0.1, -0.05) is 32.0 Å². The fourth-order valence-corrected chi connectivity index (χ4v) is 3.16. The summed E-state index contributed by atoms with van der Waals surface area (Å²) in [4.78, 5) is 17.6. The van der Waals surface area contributed by atoms with Gasteiger partial charge in [0.05, 0.1) is 5.69 Å². The molecule has 0 aliphatic heterocycles. The van der Waals surface area contributed by atoms with Gasteiger partial charge in [-0.05, 0) is 42.3 Å². The predicted molar refractivity (Wildman–Crippen MR) is 107 cm³/mol. The summed E-state index contributed by atoms with van der Waals surface area (Å²) in [5.74, 6) is 1.42. The number of aromatic nitrogens is 3. The molecule has 0 saturated heterocycles. The van der Waals surface area contributed by atoms with Crippen LogP contribution in [0.3, 0.4) is 0 Å². The Labute approximate surface area is 161 Å². The average molecular weight is 370 g/mol. The van der Waals surface area contributed by atoms with Crippen molar-refractivity contribution in [3.63, 3.8) is 0 Å². The molecule has 138 valence electrons. The van der Waals surface area contributed by atoms with Gasteiger partial charge >= 0.3 is 0 Å². The number of H-pyrrole nitrogens is 1. The third-order valence-corrected chi connectivity index (χ3v) is 4.50. The topological polar surface area (TPSA) is 83.2 Å². The van der Waals surface area contributed by atoms with Crippen LogP contribution >= 0.6 is 0 Å². The molecule has 0 radical (unpaired) electrons. The molecule has 0 amide bonds. The lowest BCUT2D eigenvalue weighted by Crippen LogP contribution is -2.22. The van der Waals surface area contributed by atoms with Gasteiger partial charge in [-0.25, -0.2) is 9.50 Å². The summed E-state index contributed by atoms with van der Waals surface area (Å²) >= 11 is 0. The fraction of sp³-hybridized carbons (Fsp3) is 0.136. The predicted octanol–water partition coefficient (Wildman–Crippen LogP) is 4.48. The molecule has 0 fully saturated rings. The second-order valence-electron chi connectivity index (χ2n) is 6.73. The van der Waals surface area contributed by atoms with Crippen LogP contribution in [-0.4, -0.2) is 14.6 Å². The molecule has 6 heteroatoms. The normalized spacial score (nSPS) is 10.9. The number of aromatic amines is 1. The van der Waals surface area contributed by atoms with Crippen LogP contribution in [0, 0.1) is 11.3 Å². The minimum atomic E-state index is -0.193. The highest BCUT2D eigenvalue weighted by Gasteiger charge is 2.19. The van der Waals surface area contributed by atoms with E-state index in [1.165, 1.54) is 10.7 Å².